The quantitative estimate of drug-likeness (QED) is 0.346. The molecule has 180 valence electrons. The van der Waals surface area contributed by atoms with Crippen LogP contribution in [0.15, 0.2) is 23.6 Å². The number of carbonyl (C=O) groups is 1. The molecule has 3 aliphatic rings. The monoisotopic (exact) mass is 485 g/mol. The summed E-state index contributed by atoms with van der Waals surface area (Å²) in [6.07, 6.45) is 6.50. The summed E-state index contributed by atoms with van der Waals surface area (Å²) < 4.78 is 11.4. The van der Waals surface area contributed by atoms with Crippen molar-refractivity contribution in [1.29, 1.82) is 0 Å². The minimum absolute atomic E-state index is 0.0741. The molecule has 0 bridgehead atoms. The number of hydrogen-bond donors (Lipinski definition) is 1. The van der Waals surface area contributed by atoms with Crippen molar-refractivity contribution in [2.24, 2.45) is 17.3 Å². The van der Waals surface area contributed by atoms with E-state index in [4.69, 9.17) is 9.47 Å². The molecule has 2 aromatic rings. The zero-order valence-electron chi connectivity index (χ0n) is 19.3. The second kappa shape index (κ2) is 8.30. The van der Waals surface area contributed by atoms with Crippen molar-refractivity contribution in [2.75, 3.05) is 7.11 Å². The normalized spacial score (nSPS) is 27.1. The van der Waals surface area contributed by atoms with Crippen LogP contribution in [0, 0.1) is 34.3 Å². The molecule has 9 heteroatoms. The highest BCUT2D eigenvalue weighted by atomic mass is 32.1. The highest BCUT2D eigenvalue weighted by Crippen LogP contribution is 2.59. The van der Waals surface area contributed by atoms with Crippen molar-refractivity contribution in [1.82, 2.24) is 0 Å². The Labute approximate surface area is 201 Å². The molecule has 8 nitrogen and oxygen atoms in total. The van der Waals surface area contributed by atoms with Crippen molar-refractivity contribution in [3.63, 3.8) is 0 Å². The van der Waals surface area contributed by atoms with E-state index in [1.165, 1.54) is 11.0 Å². The van der Waals surface area contributed by atoms with Gasteiger partial charge in [0.1, 0.15) is 16.7 Å². The van der Waals surface area contributed by atoms with Gasteiger partial charge in [-0.2, -0.15) is 0 Å². The zero-order chi connectivity index (χ0) is 24.2. The number of ether oxygens (including phenoxy) is 2. The molecule has 5 rings (SSSR count). The summed E-state index contributed by atoms with van der Waals surface area (Å²) >= 11 is 1.10. The Morgan fingerprint density at radius 2 is 2.06 bits per heavy atom. The minimum atomic E-state index is -0.877. The Balaban J connectivity index is 1.39. The molecular formula is C25H27NO7S. The van der Waals surface area contributed by atoms with Gasteiger partial charge in [0.25, 0.3) is 5.09 Å². The number of aromatic hydroxyl groups is 1. The number of aryl methyl sites for hydroxylation is 1. The topological polar surface area (TPSA) is 108 Å². The van der Waals surface area contributed by atoms with Crippen LogP contribution >= 0.6 is 11.3 Å². The molecule has 1 aromatic heterocycles. The Morgan fingerprint density at radius 1 is 1.26 bits per heavy atom. The lowest BCUT2D eigenvalue weighted by atomic mass is 9.60. The molecule has 0 saturated heterocycles. The Hall–Kier alpha value is -3.07. The Kier molecular flexibility index (Phi) is 5.55. The third kappa shape index (κ3) is 3.53. The van der Waals surface area contributed by atoms with Crippen LogP contribution < -0.4 is 9.57 Å². The largest absolute Gasteiger partial charge is 0.504 e. The van der Waals surface area contributed by atoms with Crippen LogP contribution in [-0.4, -0.2) is 29.4 Å². The van der Waals surface area contributed by atoms with Crippen molar-refractivity contribution in [3.8, 4) is 17.2 Å². The molecule has 0 aliphatic heterocycles. The van der Waals surface area contributed by atoms with E-state index in [1.807, 2.05) is 12.1 Å². The Morgan fingerprint density at radius 3 is 2.79 bits per heavy atom. The first kappa shape index (κ1) is 22.7. The molecule has 4 atom stereocenters. The molecule has 3 aliphatic carbocycles. The van der Waals surface area contributed by atoms with Gasteiger partial charge in [-0.3, -0.25) is 4.84 Å². The van der Waals surface area contributed by atoms with Gasteiger partial charge in [-0.15, -0.1) is 21.5 Å². The summed E-state index contributed by atoms with van der Waals surface area (Å²) in [4.78, 5) is 28.6. The molecule has 0 spiro atoms. The summed E-state index contributed by atoms with van der Waals surface area (Å²) in [5.41, 5.74) is 3.86. The number of rotatable bonds is 5. The van der Waals surface area contributed by atoms with Gasteiger partial charge < -0.3 is 14.6 Å². The number of methoxy groups -OCH3 is 1. The predicted molar refractivity (Wildman–Crippen MR) is 126 cm³/mol. The lowest BCUT2D eigenvalue weighted by molar-refractivity contribution is -0.711. The van der Waals surface area contributed by atoms with E-state index in [2.05, 4.69) is 17.8 Å². The first-order chi connectivity index (χ1) is 16.2. The lowest BCUT2D eigenvalue weighted by Gasteiger charge is -2.46. The van der Waals surface area contributed by atoms with Crippen LogP contribution in [-0.2, 0) is 11.2 Å². The van der Waals surface area contributed by atoms with Crippen LogP contribution in [0.25, 0.3) is 5.57 Å². The highest BCUT2D eigenvalue weighted by Gasteiger charge is 2.54. The third-order valence-electron chi connectivity index (χ3n) is 8.01. The maximum Gasteiger partial charge on any atom is 0.348 e. The van der Waals surface area contributed by atoms with E-state index in [-0.39, 0.29) is 23.0 Å². The maximum absolute atomic E-state index is 13.0. The maximum atomic E-state index is 13.0. The van der Waals surface area contributed by atoms with E-state index in [9.17, 15) is 20.0 Å². The number of esters is 1. The van der Waals surface area contributed by atoms with Gasteiger partial charge in [0.2, 0.25) is 0 Å². The molecule has 34 heavy (non-hydrogen) atoms. The van der Waals surface area contributed by atoms with E-state index in [1.54, 1.807) is 14.0 Å². The highest BCUT2D eigenvalue weighted by molar-refractivity contribution is 7.12. The van der Waals surface area contributed by atoms with Crippen molar-refractivity contribution < 1.29 is 29.3 Å². The molecular weight excluding hydrogens is 458 g/mol. The van der Waals surface area contributed by atoms with Crippen molar-refractivity contribution in [2.45, 2.75) is 52.1 Å². The fourth-order valence-electron chi connectivity index (χ4n) is 6.25. The number of hydrogen-bond acceptors (Lipinski definition) is 8. The number of phenols is 1. The fraction of sp³-hybridized carbons (Fsp3) is 0.480. The predicted octanol–water partition coefficient (Wildman–Crippen LogP) is 5.33. The standard InChI is InChI=1S/C25H27NO7S/c1-13-21(33-26(29)30)12-34-23(13)24(28)32-22-7-6-18-16-5-4-14-10-19(27)20(31-3)11-17(14)15(16)8-9-25(18,22)2/h8,10-12,16,18,22,27H,4-7,9H2,1-3H3/t16-,18+,22+,25+/m1/s1. The summed E-state index contributed by atoms with van der Waals surface area (Å²) in [7, 11) is 1.56. The van der Waals surface area contributed by atoms with Crippen LogP contribution in [0.4, 0.5) is 0 Å². The first-order valence-corrected chi connectivity index (χ1v) is 12.3. The van der Waals surface area contributed by atoms with Gasteiger partial charge in [0.05, 0.1) is 7.11 Å². The Bertz CT molecular complexity index is 1200. The number of fused-ring (bicyclic) bond motifs is 5. The summed E-state index contributed by atoms with van der Waals surface area (Å²) in [5, 5.41) is 21.5. The molecule has 0 radical (unpaired) electrons. The molecule has 1 aromatic carbocycles. The second-order valence-corrected chi connectivity index (χ2v) is 10.5. The van der Waals surface area contributed by atoms with Gasteiger partial charge >= 0.3 is 5.97 Å². The van der Waals surface area contributed by atoms with Crippen molar-refractivity contribution in [3.05, 3.63) is 55.3 Å². The van der Waals surface area contributed by atoms with E-state index < -0.39 is 11.1 Å². The average molecular weight is 486 g/mol. The minimum Gasteiger partial charge on any atom is -0.504 e. The molecule has 1 fully saturated rings. The number of benzene rings is 1. The van der Waals surface area contributed by atoms with Gasteiger partial charge in [0, 0.05) is 16.4 Å². The summed E-state index contributed by atoms with van der Waals surface area (Å²) in [6.45, 7) is 3.84. The smallest absolute Gasteiger partial charge is 0.348 e. The molecule has 1 N–H and O–H groups in total. The van der Waals surface area contributed by atoms with E-state index >= 15 is 0 Å². The van der Waals surface area contributed by atoms with E-state index in [0.29, 0.717) is 28.0 Å². The second-order valence-electron chi connectivity index (χ2n) is 9.64. The fourth-order valence-corrected chi connectivity index (χ4v) is 7.11. The number of nitrogens with zero attached hydrogens (tertiary/aromatic N) is 1. The number of phenolic OH excluding ortho intramolecular Hbond substituents is 1. The van der Waals surface area contributed by atoms with Crippen LogP contribution in [0.2, 0.25) is 0 Å². The first-order valence-electron chi connectivity index (χ1n) is 11.4. The summed E-state index contributed by atoms with van der Waals surface area (Å²) in [6, 6.07) is 3.76. The van der Waals surface area contributed by atoms with Gasteiger partial charge in [0.15, 0.2) is 11.5 Å². The van der Waals surface area contributed by atoms with Gasteiger partial charge in [-0.05, 0) is 79.7 Å². The van der Waals surface area contributed by atoms with Gasteiger partial charge in [-0.1, -0.05) is 13.0 Å². The summed E-state index contributed by atoms with van der Waals surface area (Å²) in [5.74, 6) is 1.04. The average Bonchev–Trinajstić information content (AvgIpc) is 3.32. The third-order valence-corrected chi connectivity index (χ3v) is 9.05. The number of allylic oxidation sites excluding steroid dienone is 2. The van der Waals surface area contributed by atoms with Gasteiger partial charge in [-0.25, -0.2) is 4.79 Å². The lowest BCUT2D eigenvalue weighted by Crippen LogP contribution is -2.41. The van der Waals surface area contributed by atoms with Crippen LogP contribution in [0.1, 0.15) is 59.0 Å². The van der Waals surface area contributed by atoms with E-state index in [0.717, 1.165) is 54.6 Å². The number of thiophene rings is 1. The molecule has 0 amide bonds. The molecule has 0 unspecified atom stereocenters. The van der Waals surface area contributed by atoms with Crippen molar-refractivity contribution >= 4 is 22.9 Å². The molecule has 1 saturated carbocycles. The number of carbonyl (C=O) groups excluding carboxylic acids is 1. The molecule has 1 heterocycles. The zero-order valence-corrected chi connectivity index (χ0v) is 20.1. The van der Waals surface area contributed by atoms with Crippen LogP contribution in [0.3, 0.4) is 0 Å². The van der Waals surface area contributed by atoms with Crippen LogP contribution in [0.5, 0.6) is 17.2 Å². The SMILES string of the molecule is COc1cc2c(cc1O)CC[C@@H]1C2=CC[C@]2(C)[C@@H](OC(=O)c3scc(O[N+](=O)[O-])c3C)CC[C@@H]12.